The first kappa shape index (κ1) is 21.0. The molecule has 1 heterocycles. The third-order valence-electron chi connectivity index (χ3n) is 3.68. The summed E-state index contributed by atoms with van der Waals surface area (Å²) in [6.07, 6.45) is 1.42. The molecule has 1 N–H and O–H groups in total. The van der Waals surface area contributed by atoms with E-state index in [1.807, 2.05) is 0 Å². The second kappa shape index (κ2) is 9.21. The van der Waals surface area contributed by atoms with Gasteiger partial charge in [0.25, 0.3) is 11.1 Å². The van der Waals surface area contributed by atoms with Crippen molar-refractivity contribution in [2.45, 2.75) is 5.22 Å². The van der Waals surface area contributed by atoms with Gasteiger partial charge >= 0.3 is 5.97 Å². The molecule has 0 aliphatic rings. The zero-order valence-corrected chi connectivity index (χ0v) is 17.5. The molecule has 0 bridgehead atoms. The number of carboxylic acids is 1. The highest BCUT2D eigenvalue weighted by molar-refractivity contribution is 8.03. The van der Waals surface area contributed by atoms with Crippen molar-refractivity contribution in [1.82, 2.24) is 10.2 Å². The predicted octanol–water partition coefficient (Wildman–Crippen LogP) is 5.28. The summed E-state index contributed by atoms with van der Waals surface area (Å²) in [6, 6.07) is 9.85. The number of nitrogens with zero attached hydrogens (tertiary/aromatic N) is 2. The number of carboxylic acid groups (broad SMARTS) is 1. The van der Waals surface area contributed by atoms with E-state index in [4.69, 9.17) is 37.1 Å². The minimum atomic E-state index is -1.17. The third kappa shape index (κ3) is 5.03. The summed E-state index contributed by atoms with van der Waals surface area (Å²) in [5, 5.41) is 18.4. The molecule has 3 rings (SSSR count). The van der Waals surface area contributed by atoms with E-state index in [2.05, 4.69) is 10.2 Å². The Balaban J connectivity index is 1.93. The molecule has 2 aromatic carbocycles. The molecule has 0 aliphatic heterocycles. The van der Waals surface area contributed by atoms with Crippen LogP contribution >= 0.6 is 35.0 Å². The maximum absolute atomic E-state index is 11.7. The normalized spacial score (nSPS) is 11.4. The molecule has 3 aromatic rings. The van der Waals surface area contributed by atoms with Gasteiger partial charge in [0.1, 0.15) is 16.4 Å². The first-order valence-electron chi connectivity index (χ1n) is 8.05. The molecule has 10 heteroatoms. The standard InChI is InChI=1S/C19H14Cl2N2O5S/c1-26-14-5-3-11(20)7-10(14)8-16(18(24)25)29-19-23-22-17(28-19)13-9-12(21)4-6-15(13)27-2/h3-9H,1-2H3,(H,24,25)/b16-8-. The van der Waals surface area contributed by atoms with Gasteiger partial charge in [0.05, 0.1) is 19.8 Å². The maximum atomic E-state index is 11.7. The summed E-state index contributed by atoms with van der Waals surface area (Å²) in [5.41, 5.74) is 0.998. The Morgan fingerprint density at radius 2 is 1.72 bits per heavy atom. The predicted molar refractivity (Wildman–Crippen MR) is 111 cm³/mol. The largest absolute Gasteiger partial charge is 0.496 e. The number of benzene rings is 2. The number of carbonyl (C=O) groups is 1. The Hall–Kier alpha value is -2.68. The summed E-state index contributed by atoms with van der Waals surface area (Å²) in [4.78, 5) is 11.7. The van der Waals surface area contributed by atoms with E-state index < -0.39 is 5.97 Å². The maximum Gasteiger partial charge on any atom is 0.342 e. The number of aliphatic carboxylic acids is 1. The van der Waals surface area contributed by atoms with Crippen LogP contribution in [0.1, 0.15) is 5.56 Å². The second-order valence-electron chi connectivity index (χ2n) is 5.52. The van der Waals surface area contributed by atoms with Crippen LogP contribution in [0.25, 0.3) is 17.5 Å². The molecule has 1 aromatic heterocycles. The number of methoxy groups -OCH3 is 2. The van der Waals surface area contributed by atoms with Crippen molar-refractivity contribution in [2.75, 3.05) is 14.2 Å². The second-order valence-corrected chi connectivity index (χ2v) is 7.39. The fourth-order valence-corrected chi connectivity index (χ4v) is 3.41. The number of hydrogen-bond donors (Lipinski definition) is 1. The van der Waals surface area contributed by atoms with E-state index in [0.717, 1.165) is 11.8 Å². The number of halogens is 2. The van der Waals surface area contributed by atoms with Crippen molar-refractivity contribution in [3.05, 3.63) is 56.9 Å². The molecule has 0 spiro atoms. The molecular weight excluding hydrogens is 439 g/mol. The number of rotatable bonds is 7. The van der Waals surface area contributed by atoms with Gasteiger partial charge in [-0.05, 0) is 54.2 Å². The molecule has 29 heavy (non-hydrogen) atoms. The molecule has 0 saturated carbocycles. The van der Waals surface area contributed by atoms with Crippen molar-refractivity contribution in [1.29, 1.82) is 0 Å². The van der Waals surface area contributed by atoms with Crippen LogP contribution in [0.2, 0.25) is 10.0 Å². The van der Waals surface area contributed by atoms with Crippen molar-refractivity contribution in [3.63, 3.8) is 0 Å². The highest BCUT2D eigenvalue weighted by Gasteiger charge is 2.19. The van der Waals surface area contributed by atoms with Gasteiger partial charge < -0.3 is 19.0 Å². The molecule has 0 unspecified atom stereocenters. The minimum absolute atomic E-state index is 0.0386. The zero-order chi connectivity index (χ0) is 21.0. The molecule has 0 amide bonds. The van der Waals surface area contributed by atoms with Gasteiger partial charge in [0.2, 0.25) is 0 Å². The van der Waals surface area contributed by atoms with Crippen LogP contribution in [0.4, 0.5) is 0 Å². The molecule has 0 aliphatic carbocycles. The average molecular weight is 453 g/mol. The van der Waals surface area contributed by atoms with E-state index in [0.29, 0.717) is 32.7 Å². The molecule has 0 radical (unpaired) electrons. The SMILES string of the molecule is COc1ccc(Cl)cc1/C=C(\Sc1nnc(-c2cc(Cl)ccc2OC)o1)C(=O)O. The lowest BCUT2D eigenvalue weighted by Gasteiger charge is -2.06. The monoisotopic (exact) mass is 452 g/mol. The van der Waals surface area contributed by atoms with Crippen molar-refractivity contribution in [3.8, 4) is 23.0 Å². The summed E-state index contributed by atoms with van der Waals surface area (Å²) in [5.74, 6) is -0.0510. The molecule has 0 saturated heterocycles. The summed E-state index contributed by atoms with van der Waals surface area (Å²) in [7, 11) is 2.99. The van der Waals surface area contributed by atoms with E-state index in [-0.39, 0.29) is 16.0 Å². The summed E-state index contributed by atoms with van der Waals surface area (Å²) in [6.45, 7) is 0. The first-order valence-corrected chi connectivity index (χ1v) is 9.62. The zero-order valence-electron chi connectivity index (χ0n) is 15.2. The number of thioether (sulfide) groups is 1. The molecule has 7 nitrogen and oxygen atoms in total. The number of hydrogen-bond acceptors (Lipinski definition) is 7. The van der Waals surface area contributed by atoms with Crippen LogP contribution in [-0.2, 0) is 4.79 Å². The smallest absolute Gasteiger partial charge is 0.342 e. The topological polar surface area (TPSA) is 94.7 Å². The molecule has 150 valence electrons. The number of ether oxygens (including phenoxy) is 2. The van der Waals surface area contributed by atoms with E-state index in [9.17, 15) is 9.90 Å². The van der Waals surface area contributed by atoms with Gasteiger partial charge in [-0.2, -0.15) is 0 Å². The van der Waals surface area contributed by atoms with Crippen molar-refractivity contribution < 1.29 is 23.8 Å². The lowest BCUT2D eigenvalue weighted by Crippen LogP contribution is -1.97. The lowest BCUT2D eigenvalue weighted by molar-refractivity contribution is -0.131. The Kier molecular flexibility index (Phi) is 6.68. The van der Waals surface area contributed by atoms with Gasteiger partial charge in [-0.15, -0.1) is 10.2 Å². The summed E-state index contributed by atoms with van der Waals surface area (Å²) < 4.78 is 16.1. The Morgan fingerprint density at radius 1 is 1.07 bits per heavy atom. The highest BCUT2D eigenvalue weighted by Crippen LogP contribution is 2.35. The van der Waals surface area contributed by atoms with Gasteiger partial charge in [0.15, 0.2) is 0 Å². The van der Waals surface area contributed by atoms with Gasteiger partial charge in [-0.3, -0.25) is 0 Å². The van der Waals surface area contributed by atoms with E-state index in [1.165, 1.54) is 20.3 Å². The Bertz CT molecular complexity index is 1080. The van der Waals surface area contributed by atoms with Gasteiger partial charge in [-0.25, -0.2) is 4.79 Å². The fraction of sp³-hybridized carbons (Fsp3) is 0.105. The van der Waals surface area contributed by atoms with Crippen LogP contribution in [0.15, 0.2) is 50.9 Å². The highest BCUT2D eigenvalue weighted by atomic mass is 35.5. The minimum Gasteiger partial charge on any atom is -0.496 e. The third-order valence-corrected chi connectivity index (χ3v) is 5.01. The Morgan fingerprint density at radius 3 is 2.38 bits per heavy atom. The average Bonchev–Trinajstić information content (AvgIpc) is 3.16. The molecule has 0 fully saturated rings. The quantitative estimate of drug-likeness (QED) is 0.382. The lowest BCUT2D eigenvalue weighted by atomic mass is 10.2. The molecule has 0 atom stereocenters. The number of aromatic nitrogens is 2. The van der Waals surface area contributed by atoms with Crippen LogP contribution < -0.4 is 9.47 Å². The van der Waals surface area contributed by atoms with Gasteiger partial charge in [0, 0.05) is 15.6 Å². The van der Waals surface area contributed by atoms with Gasteiger partial charge in [-0.1, -0.05) is 23.2 Å². The van der Waals surface area contributed by atoms with Crippen molar-refractivity contribution >= 4 is 47.0 Å². The van der Waals surface area contributed by atoms with Crippen LogP contribution in [0.3, 0.4) is 0 Å². The fourth-order valence-electron chi connectivity index (χ4n) is 2.40. The van der Waals surface area contributed by atoms with Crippen molar-refractivity contribution in [2.24, 2.45) is 0 Å². The van der Waals surface area contributed by atoms with E-state index in [1.54, 1.807) is 36.4 Å². The van der Waals surface area contributed by atoms with Crippen LogP contribution in [0, 0.1) is 0 Å². The summed E-state index contributed by atoms with van der Waals surface area (Å²) >= 11 is 12.8. The Labute approximate surface area is 180 Å². The van der Waals surface area contributed by atoms with Crippen LogP contribution in [-0.4, -0.2) is 35.5 Å². The first-order chi connectivity index (χ1) is 13.9. The van der Waals surface area contributed by atoms with Crippen LogP contribution in [0.5, 0.6) is 11.5 Å². The van der Waals surface area contributed by atoms with E-state index >= 15 is 0 Å². The molecular formula is C19H14Cl2N2O5S.